The second-order valence-corrected chi connectivity index (χ2v) is 7.90. The van der Waals surface area contributed by atoms with Crippen LogP contribution >= 0.6 is 0 Å². The van der Waals surface area contributed by atoms with Crippen molar-refractivity contribution in [1.29, 1.82) is 0 Å². The molecule has 0 saturated carbocycles. The molecule has 0 saturated heterocycles. The van der Waals surface area contributed by atoms with Gasteiger partial charge in [0, 0.05) is 18.2 Å². The first-order chi connectivity index (χ1) is 17.1. The molecule has 0 aliphatic carbocycles. The summed E-state index contributed by atoms with van der Waals surface area (Å²) in [6.07, 6.45) is 4.68. The third-order valence-corrected chi connectivity index (χ3v) is 5.59. The summed E-state index contributed by atoms with van der Waals surface area (Å²) in [6, 6.07) is 16.6. The van der Waals surface area contributed by atoms with Crippen LogP contribution < -0.4 is 10.1 Å². The molecule has 0 amide bonds. The molecule has 9 heteroatoms. The van der Waals surface area contributed by atoms with Crippen LogP contribution in [0.15, 0.2) is 73.6 Å². The van der Waals surface area contributed by atoms with E-state index in [2.05, 4.69) is 25.4 Å². The molecule has 1 N–H and O–H groups in total. The molecular weight excluding hydrogens is 447 g/mol. The molecule has 3 aromatic carbocycles. The fraction of sp³-hybridized carbons (Fsp3) is 0.154. The van der Waals surface area contributed by atoms with Crippen LogP contribution in [0.5, 0.6) is 5.75 Å². The largest absolute Gasteiger partial charge is 0.488 e. The van der Waals surface area contributed by atoms with Gasteiger partial charge in [-0.15, -0.1) is 0 Å². The van der Waals surface area contributed by atoms with Gasteiger partial charge in [-0.25, -0.2) is 24.0 Å². The molecule has 0 fully saturated rings. The molecule has 0 atom stereocenters. The number of hydrogen-bond donors (Lipinski definition) is 1. The van der Waals surface area contributed by atoms with Crippen molar-refractivity contribution in [2.24, 2.45) is 0 Å². The number of benzene rings is 3. The SMILES string of the molecule is COCCOc1ccc(-c2ccc3ncnc(Nc4ccc(-n5cncn5)cc4C)c3c2)cc1F. The number of aromatic nitrogens is 5. The number of rotatable bonds is 8. The Bertz CT molecular complexity index is 1470. The minimum atomic E-state index is -0.426. The number of fused-ring (bicyclic) bond motifs is 1. The normalized spacial score (nSPS) is 11.1. The summed E-state index contributed by atoms with van der Waals surface area (Å²) >= 11 is 0. The summed E-state index contributed by atoms with van der Waals surface area (Å²) in [5.74, 6) is 0.431. The monoisotopic (exact) mass is 470 g/mol. The summed E-state index contributed by atoms with van der Waals surface area (Å²) < 4.78 is 26.7. The van der Waals surface area contributed by atoms with Gasteiger partial charge in [-0.1, -0.05) is 12.1 Å². The van der Waals surface area contributed by atoms with Crippen molar-refractivity contribution < 1.29 is 13.9 Å². The number of nitrogens with one attached hydrogen (secondary N) is 1. The van der Waals surface area contributed by atoms with Gasteiger partial charge < -0.3 is 14.8 Å². The average Bonchev–Trinajstić information content (AvgIpc) is 3.41. The van der Waals surface area contributed by atoms with Crippen LogP contribution in [0.3, 0.4) is 0 Å². The molecule has 0 aliphatic heterocycles. The molecule has 0 radical (unpaired) electrons. The summed E-state index contributed by atoms with van der Waals surface area (Å²) in [5, 5.41) is 8.41. The zero-order valence-electron chi connectivity index (χ0n) is 19.3. The van der Waals surface area contributed by atoms with E-state index in [0.29, 0.717) is 12.4 Å². The molecule has 0 bridgehead atoms. The highest BCUT2D eigenvalue weighted by Crippen LogP contribution is 2.31. The van der Waals surface area contributed by atoms with Crippen molar-refractivity contribution in [3.05, 3.63) is 85.0 Å². The van der Waals surface area contributed by atoms with E-state index in [1.54, 1.807) is 24.2 Å². The predicted molar refractivity (Wildman–Crippen MR) is 132 cm³/mol. The van der Waals surface area contributed by atoms with E-state index < -0.39 is 5.82 Å². The molecule has 5 rings (SSSR count). The second kappa shape index (κ2) is 9.86. The van der Waals surface area contributed by atoms with E-state index in [4.69, 9.17) is 9.47 Å². The van der Waals surface area contributed by atoms with Gasteiger partial charge in [-0.3, -0.25) is 0 Å². The van der Waals surface area contributed by atoms with Crippen molar-refractivity contribution >= 4 is 22.4 Å². The quantitative estimate of drug-likeness (QED) is 0.316. The number of hydrogen-bond acceptors (Lipinski definition) is 7. The molecule has 176 valence electrons. The van der Waals surface area contributed by atoms with Crippen LogP contribution in [0.2, 0.25) is 0 Å². The molecule has 2 aromatic heterocycles. The Morgan fingerprint density at radius 3 is 2.57 bits per heavy atom. The average molecular weight is 471 g/mol. The maximum atomic E-state index is 14.6. The molecular formula is C26H23FN6O2. The van der Waals surface area contributed by atoms with E-state index >= 15 is 0 Å². The van der Waals surface area contributed by atoms with Crippen molar-refractivity contribution in [2.75, 3.05) is 25.6 Å². The minimum absolute atomic E-state index is 0.196. The number of ether oxygens (including phenoxy) is 2. The van der Waals surface area contributed by atoms with Gasteiger partial charge in [-0.05, 0) is 66.1 Å². The van der Waals surface area contributed by atoms with Gasteiger partial charge in [0.2, 0.25) is 0 Å². The fourth-order valence-corrected chi connectivity index (χ4v) is 3.77. The Labute approximate surface area is 201 Å². The highest BCUT2D eigenvalue weighted by Gasteiger charge is 2.11. The maximum absolute atomic E-state index is 14.6. The number of methoxy groups -OCH3 is 1. The smallest absolute Gasteiger partial charge is 0.165 e. The third kappa shape index (κ3) is 4.80. The summed E-state index contributed by atoms with van der Waals surface area (Å²) in [6.45, 7) is 2.69. The predicted octanol–water partition coefficient (Wildman–Crippen LogP) is 5.09. The molecule has 0 spiro atoms. The maximum Gasteiger partial charge on any atom is 0.165 e. The lowest BCUT2D eigenvalue weighted by Gasteiger charge is -2.13. The summed E-state index contributed by atoms with van der Waals surface area (Å²) in [4.78, 5) is 12.9. The van der Waals surface area contributed by atoms with Gasteiger partial charge in [0.25, 0.3) is 0 Å². The summed E-state index contributed by atoms with van der Waals surface area (Å²) in [7, 11) is 1.57. The Morgan fingerprint density at radius 1 is 0.943 bits per heavy atom. The van der Waals surface area contributed by atoms with Crippen LogP contribution in [0.1, 0.15) is 5.56 Å². The van der Waals surface area contributed by atoms with Crippen LogP contribution in [0.25, 0.3) is 27.7 Å². The molecule has 0 aliphatic rings. The molecule has 8 nitrogen and oxygen atoms in total. The first-order valence-corrected chi connectivity index (χ1v) is 11.0. The zero-order chi connectivity index (χ0) is 24.2. The van der Waals surface area contributed by atoms with Crippen molar-refractivity contribution in [2.45, 2.75) is 6.92 Å². The number of anilines is 2. The Hall–Kier alpha value is -4.37. The lowest BCUT2D eigenvalue weighted by molar-refractivity contribution is 0.144. The summed E-state index contributed by atoms with van der Waals surface area (Å²) in [5.41, 5.74) is 5.19. The van der Waals surface area contributed by atoms with Crippen molar-refractivity contribution in [3.63, 3.8) is 0 Å². The van der Waals surface area contributed by atoms with Crippen LogP contribution in [0, 0.1) is 12.7 Å². The number of halogens is 1. The lowest BCUT2D eigenvalue weighted by Crippen LogP contribution is -2.05. The van der Waals surface area contributed by atoms with Crippen LogP contribution in [0.4, 0.5) is 15.9 Å². The van der Waals surface area contributed by atoms with Crippen molar-refractivity contribution in [3.8, 4) is 22.6 Å². The van der Waals surface area contributed by atoms with E-state index in [9.17, 15) is 4.39 Å². The lowest BCUT2D eigenvalue weighted by atomic mass is 10.0. The van der Waals surface area contributed by atoms with E-state index in [1.807, 2.05) is 49.4 Å². The first kappa shape index (κ1) is 22.4. The standard InChI is InChI=1S/C26H23FN6O2/c1-17-11-20(33-16-28-14-31-33)5-7-23(17)32-26-21-12-18(3-6-24(21)29-15-30-26)19-4-8-25(22(27)13-19)35-10-9-34-2/h3-8,11-16H,9-10H2,1-2H3,(H,29,30,32). The number of nitrogens with zero attached hydrogens (tertiary/aromatic N) is 5. The molecule has 5 aromatic rings. The Balaban J connectivity index is 1.45. The van der Waals surface area contributed by atoms with Gasteiger partial charge in [0.1, 0.15) is 31.4 Å². The molecule has 0 unspecified atom stereocenters. The second-order valence-electron chi connectivity index (χ2n) is 7.90. The van der Waals surface area contributed by atoms with Gasteiger partial charge >= 0.3 is 0 Å². The highest BCUT2D eigenvalue weighted by molar-refractivity contribution is 5.94. The van der Waals surface area contributed by atoms with Crippen LogP contribution in [-0.4, -0.2) is 45.1 Å². The fourth-order valence-electron chi connectivity index (χ4n) is 3.77. The molecule has 2 heterocycles. The van der Waals surface area contributed by atoms with Gasteiger partial charge in [-0.2, -0.15) is 5.10 Å². The topological polar surface area (TPSA) is 87.0 Å². The van der Waals surface area contributed by atoms with Gasteiger partial charge in [0.05, 0.1) is 17.8 Å². The highest BCUT2D eigenvalue weighted by atomic mass is 19.1. The van der Waals surface area contributed by atoms with Crippen LogP contribution in [-0.2, 0) is 4.74 Å². The minimum Gasteiger partial charge on any atom is -0.488 e. The Morgan fingerprint density at radius 2 is 1.80 bits per heavy atom. The van der Waals surface area contributed by atoms with Gasteiger partial charge in [0.15, 0.2) is 11.6 Å². The first-order valence-electron chi connectivity index (χ1n) is 11.0. The number of aryl methyl sites for hydroxylation is 1. The van der Waals surface area contributed by atoms with E-state index in [-0.39, 0.29) is 12.4 Å². The van der Waals surface area contributed by atoms with E-state index in [0.717, 1.165) is 39.0 Å². The third-order valence-electron chi connectivity index (χ3n) is 5.59. The van der Waals surface area contributed by atoms with Crippen molar-refractivity contribution in [1.82, 2.24) is 24.7 Å². The Kier molecular flexibility index (Phi) is 6.32. The van der Waals surface area contributed by atoms with E-state index in [1.165, 1.54) is 18.7 Å². The molecule has 35 heavy (non-hydrogen) atoms. The zero-order valence-corrected chi connectivity index (χ0v) is 19.3.